The number of hydrogen-bond donors (Lipinski definition) is 2. The summed E-state index contributed by atoms with van der Waals surface area (Å²) in [6.45, 7) is 0.0277. The van der Waals surface area contributed by atoms with E-state index in [1.165, 1.54) is 0 Å². The van der Waals surface area contributed by atoms with Crippen LogP contribution in [0.25, 0.3) is 0 Å². The highest BCUT2D eigenvalue weighted by Crippen LogP contribution is 2.15. The Kier molecular flexibility index (Phi) is 5.77. The molecular weight excluding hydrogens is 258 g/mol. The van der Waals surface area contributed by atoms with Crippen LogP contribution in [0.15, 0.2) is 24.3 Å². The maximum atomic E-state index is 11.3. The van der Waals surface area contributed by atoms with E-state index in [0.717, 1.165) is 5.56 Å². The Labute approximate surface area is 109 Å². The summed E-state index contributed by atoms with van der Waals surface area (Å²) in [6.07, 6.45) is -0.238. The molecule has 98 valence electrons. The molecule has 1 rings (SSSR count). The average Bonchev–Trinajstić information content (AvgIpc) is 2.31. The van der Waals surface area contributed by atoms with Crippen molar-refractivity contribution in [1.29, 1.82) is 0 Å². The fraction of sp³-hybridized carbons (Fsp3) is 0.333. The lowest BCUT2D eigenvalue weighted by Gasteiger charge is -2.07. The van der Waals surface area contributed by atoms with Crippen molar-refractivity contribution >= 4 is 23.4 Å². The monoisotopic (exact) mass is 271 g/mol. The van der Waals surface area contributed by atoms with Crippen LogP contribution in [0.4, 0.5) is 0 Å². The Bertz CT molecular complexity index is 436. The van der Waals surface area contributed by atoms with E-state index in [1.54, 1.807) is 18.2 Å². The molecule has 0 unspecified atom stereocenters. The van der Waals surface area contributed by atoms with Crippen molar-refractivity contribution in [3.05, 3.63) is 34.9 Å². The second-order valence-corrected chi connectivity index (χ2v) is 4.18. The molecule has 6 heteroatoms. The number of Topliss-reactive ketones (excluding diaryl/α,β-unsaturated/α-hetero) is 1. The molecule has 0 saturated carbocycles. The van der Waals surface area contributed by atoms with E-state index in [2.05, 4.69) is 0 Å². The molecule has 1 aromatic carbocycles. The first-order chi connectivity index (χ1) is 8.50. The molecule has 0 fully saturated rings. The highest BCUT2D eigenvalue weighted by Gasteiger charge is 2.16. The number of carbonyl (C=O) groups is 2. The van der Waals surface area contributed by atoms with Gasteiger partial charge in [0, 0.05) is 11.4 Å². The average molecular weight is 272 g/mol. The summed E-state index contributed by atoms with van der Waals surface area (Å²) in [5.41, 5.74) is 6.00. The minimum absolute atomic E-state index is 0.174. The molecule has 3 N–H and O–H groups in total. The van der Waals surface area contributed by atoms with Crippen LogP contribution < -0.4 is 5.73 Å². The summed E-state index contributed by atoms with van der Waals surface area (Å²) in [6, 6.07) is 5.94. The van der Waals surface area contributed by atoms with Gasteiger partial charge in [-0.1, -0.05) is 29.8 Å². The predicted molar refractivity (Wildman–Crippen MR) is 66.3 cm³/mol. The van der Waals surface area contributed by atoms with Crippen molar-refractivity contribution in [2.24, 2.45) is 5.73 Å². The van der Waals surface area contributed by atoms with Crippen LogP contribution >= 0.6 is 11.6 Å². The van der Waals surface area contributed by atoms with Gasteiger partial charge in [-0.05, 0) is 11.6 Å². The lowest BCUT2D eigenvalue weighted by molar-refractivity contribution is -0.140. The quantitative estimate of drug-likeness (QED) is 0.778. The van der Waals surface area contributed by atoms with Crippen LogP contribution in [0, 0.1) is 0 Å². The number of hydrogen-bond acceptors (Lipinski definition) is 4. The number of nitrogens with two attached hydrogens (primary N) is 1. The summed E-state index contributed by atoms with van der Waals surface area (Å²) < 4.78 is 5.16. The Morgan fingerprint density at radius 2 is 2.06 bits per heavy atom. The van der Waals surface area contributed by atoms with Crippen molar-refractivity contribution in [3.63, 3.8) is 0 Å². The number of carboxylic acids is 1. The minimum Gasteiger partial charge on any atom is -0.480 e. The van der Waals surface area contributed by atoms with Gasteiger partial charge in [-0.2, -0.15) is 0 Å². The van der Waals surface area contributed by atoms with Crippen molar-refractivity contribution in [1.82, 2.24) is 0 Å². The van der Waals surface area contributed by atoms with Gasteiger partial charge < -0.3 is 15.6 Å². The molecule has 0 heterocycles. The van der Waals surface area contributed by atoms with Crippen LogP contribution in [-0.2, 0) is 20.9 Å². The molecule has 18 heavy (non-hydrogen) atoms. The molecule has 1 atom stereocenters. The third-order valence-electron chi connectivity index (χ3n) is 2.24. The summed E-state index contributed by atoms with van der Waals surface area (Å²) in [5, 5.41) is 9.10. The number of halogens is 1. The van der Waals surface area contributed by atoms with Gasteiger partial charge in [-0.25, -0.2) is 0 Å². The Balaban J connectivity index is 2.32. The summed E-state index contributed by atoms with van der Waals surface area (Å²) in [7, 11) is 0. The number of carboxylic acid groups (broad SMARTS) is 1. The van der Waals surface area contributed by atoms with Gasteiger partial charge in [0.05, 0.1) is 6.61 Å². The second-order valence-electron chi connectivity index (χ2n) is 3.77. The van der Waals surface area contributed by atoms with Crippen LogP contribution in [0.2, 0.25) is 5.02 Å². The SMILES string of the molecule is N[C@@H](CC(=O)COCc1ccccc1Cl)C(=O)O. The highest BCUT2D eigenvalue weighted by atomic mass is 35.5. The highest BCUT2D eigenvalue weighted by molar-refractivity contribution is 6.31. The Morgan fingerprint density at radius 3 is 2.67 bits per heavy atom. The Hall–Kier alpha value is -1.43. The normalized spacial score (nSPS) is 12.1. The van der Waals surface area contributed by atoms with Gasteiger partial charge in [-0.15, -0.1) is 0 Å². The Morgan fingerprint density at radius 1 is 1.39 bits per heavy atom. The number of rotatable bonds is 7. The fourth-order valence-electron chi connectivity index (χ4n) is 1.28. The molecular formula is C12H14ClNO4. The molecule has 0 aliphatic carbocycles. The molecule has 0 aromatic heterocycles. The zero-order valence-electron chi connectivity index (χ0n) is 9.64. The zero-order valence-corrected chi connectivity index (χ0v) is 10.4. The first kappa shape index (κ1) is 14.6. The molecule has 5 nitrogen and oxygen atoms in total. The first-order valence-corrected chi connectivity index (χ1v) is 5.69. The maximum absolute atomic E-state index is 11.3. The van der Waals surface area contributed by atoms with Crippen LogP contribution in [0.3, 0.4) is 0 Å². The molecule has 0 spiro atoms. The van der Waals surface area contributed by atoms with Crippen molar-refractivity contribution in [3.8, 4) is 0 Å². The van der Waals surface area contributed by atoms with Gasteiger partial charge in [0.1, 0.15) is 12.6 Å². The van der Waals surface area contributed by atoms with E-state index in [-0.39, 0.29) is 25.4 Å². The van der Waals surface area contributed by atoms with Crippen LogP contribution in [-0.4, -0.2) is 29.5 Å². The molecule has 0 aliphatic rings. The van der Waals surface area contributed by atoms with Crippen molar-refractivity contribution in [2.75, 3.05) is 6.61 Å². The number of carbonyl (C=O) groups excluding carboxylic acids is 1. The fourth-order valence-corrected chi connectivity index (χ4v) is 1.47. The molecule has 1 aromatic rings. The van der Waals surface area contributed by atoms with E-state index >= 15 is 0 Å². The van der Waals surface area contributed by atoms with E-state index in [4.69, 9.17) is 27.2 Å². The van der Waals surface area contributed by atoms with Crippen molar-refractivity contribution < 1.29 is 19.4 Å². The lowest BCUT2D eigenvalue weighted by Crippen LogP contribution is -2.33. The van der Waals surface area contributed by atoms with Crippen LogP contribution in [0.1, 0.15) is 12.0 Å². The largest absolute Gasteiger partial charge is 0.480 e. The summed E-state index contributed by atoms with van der Waals surface area (Å²) in [4.78, 5) is 21.8. The number of ketones is 1. The summed E-state index contributed by atoms with van der Waals surface area (Å²) >= 11 is 5.90. The summed E-state index contributed by atoms with van der Waals surface area (Å²) in [5.74, 6) is -1.55. The predicted octanol–water partition coefficient (Wildman–Crippen LogP) is 1.23. The smallest absolute Gasteiger partial charge is 0.320 e. The van der Waals surface area contributed by atoms with Gasteiger partial charge in [0.15, 0.2) is 5.78 Å². The number of aliphatic carboxylic acids is 1. The van der Waals surface area contributed by atoms with E-state index in [9.17, 15) is 9.59 Å². The van der Waals surface area contributed by atoms with E-state index in [1.807, 2.05) is 6.07 Å². The first-order valence-electron chi connectivity index (χ1n) is 5.32. The minimum atomic E-state index is -1.20. The van der Waals surface area contributed by atoms with E-state index < -0.39 is 12.0 Å². The van der Waals surface area contributed by atoms with Crippen LogP contribution in [0.5, 0.6) is 0 Å². The molecule has 0 amide bonds. The number of ether oxygens (including phenoxy) is 1. The van der Waals surface area contributed by atoms with E-state index in [0.29, 0.717) is 5.02 Å². The maximum Gasteiger partial charge on any atom is 0.320 e. The lowest BCUT2D eigenvalue weighted by atomic mass is 10.1. The molecule has 0 saturated heterocycles. The zero-order chi connectivity index (χ0) is 13.5. The standard InChI is InChI=1S/C12H14ClNO4/c13-10-4-2-1-3-8(10)6-18-7-9(15)5-11(14)12(16)17/h1-4,11H,5-7,14H2,(H,16,17)/t11-/m0/s1. The molecule has 0 aliphatic heterocycles. The molecule has 0 radical (unpaired) electrons. The molecule has 0 bridgehead atoms. The van der Waals surface area contributed by atoms with Gasteiger partial charge >= 0.3 is 5.97 Å². The number of benzene rings is 1. The topological polar surface area (TPSA) is 89.6 Å². The van der Waals surface area contributed by atoms with Gasteiger partial charge in [-0.3, -0.25) is 9.59 Å². The van der Waals surface area contributed by atoms with Gasteiger partial charge in [0.2, 0.25) is 0 Å². The van der Waals surface area contributed by atoms with Crippen molar-refractivity contribution in [2.45, 2.75) is 19.1 Å². The third-order valence-corrected chi connectivity index (χ3v) is 2.61. The second kappa shape index (κ2) is 7.10. The third kappa shape index (κ3) is 4.83. The van der Waals surface area contributed by atoms with Gasteiger partial charge in [0.25, 0.3) is 0 Å².